The third kappa shape index (κ3) is 232. The molecule has 0 aromatic heterocycles. The fraction of sp³-hybridized carbons (Fsp3) is 0.615. The number of carbonyl (C=O) groups excluding carboxylic acids is 13. The van der Waals surface area contributed by atoms with Crippen molar-refractivity contribution in [3.8, 4) is 0 Å². The number of nitrogens with one attached hydrogen (secondary N) is 1. The summed E-state index contributed by atoms with van der Waals surface area (Å²) in [6, 6.07) is 18.8. The number of aliphatic hydroxyl groups excluding tert-OH is 1. The van der Waals surface area contributed by atoms with Crippen molar-refractivity contribution in [1.82, 2.24) is 33.6 Å². The molecule has 1 aliphatic heterocycles. The number of aliphatic hydroxyl groups is 1. The SMILES string of the molecule is C=O.C=O.C=O.C=O.C=O.C=O.C=O.C=O.C=O.C=O.CC.CC.CC.CC.CC(=O)N(C)[C@@H](Cc1ccccc1)C(=O)N[C@@H](C)C(=O)N1CCCCC1.CC(C)C.CC(C)O.CCC(C)C.CCc1ccccc1.CN.CN.CN.CN.CN.CN.CN.N.N.N. The molecule has 27 heteroatoms. The molecule has 0 aliphatic carbocycles. The molecule has 92 heavy (non-hydrogen) atoms. The lowest BCUT2D eigenvalue weighted by Crippen LogP contribution is -2.54. The molecule has 27 nitrogen and oxygen atoms in total. The summed E-state index contributed by atoms with van der Waals surface area (Å²) in [5.41, 5.74) is 33.9. The van der Waals surface area contributed by atoms with Crippen molar-refractivity contribution in [3.63, 3.8) is 0 Å². The first kappa shape index (κ1) is 172. The number of likely N-dealkylation sites (tertiary alicyclic amines) is 1. The Morgan fingerprint density at radius 1 is 0.467 bits per heavy atom. The van der Waals surface area contributed by atoms with Crippen LogP contribution in [0.3, 0.4) is 0 Å². The number of likely N-dealkylation sites (N-methyl/N-ethyl adjacent to an activating group) is 1. The minimum Gasteiger partial charge on any atom is -0.394 e. The fourth-order valence-corrected chi connectivity index (χ4v) is 3.94. The van der Waals surface area contributed by atoms with E-state index in [2.05, 4.69) is 118 Å². The maximum atomic E-state index is 12.8. The first-order valence-electron chi connectivity index (χ1n) is 28.6. The molecular weight excluding hydrogens is 1190 g/mol. The Morgan fingerprint density at radius 3 is 0.848 bits per heavy atom. The van der Waals surface area contributed by atoms with Gasteiger partial charge >= 0.3 is 0 Å². The molecule has 0 bridgehead atoms. The van der Waals surface area contributed by atoms with Gasteiger partial charge in [-0.2, -0.15) is 0 Å². The van der Waals surface area contributed by atoms with Crippen molar-refractivity contribution in [1.29, 1.82) is 0 Å². The van der Waals surface area contributed by atoms with E-state index in [1.165, 1.54) is 73.1 Å². The Balaban J connectivity index is -0.0000000234. The molecule has 2 aromatic rings. The lowest BCUT2D eigenvalue weighted by atomic mass is 10.0. The van der Waals surface area contributed by atoms with E-state index in [4.69, 9.17) is 53.1 Å². The van der Waals surface area contributed by atoms with Crippen molar-refractivity contribution < 1.29 is 67.4 Å². The molecule has 2 atom stereocenters. The van der Waals surface area contributed by atoms with Gasteiger partial charge in [0.05, 0.1) is 0 Å². The Labute approximate surface area is 566 Å². The number of rotatable bonds is 8. The zero-order valence-corrected chi connectivity index (χ0v) is 64.2. The van der Waals surface area contributed by atoms with Crippen LogP contribution in [0.25, 0.3) is 0 Å². The smallest absolute Gasteiger partial charge is 0.244 e. The second-order valence-corrected chi connectivity index (χ2v) is 13.4. The number of hydrogen-bond donors (Lipinski definition) is 12. The summed E-state index contributed by atoms with van der Waals surface area (Å²) in [7, 11) is 12.1. The molecule has 0 radical (unpaired) electrons. The van der Waals surface area contributed by atoms with Crippen LogP contribution in [0, 0.1) is 11.8 Å². The summed E-state index contributed by atoms with van der Waals surface area (Å²) in [5, 5.41) is 10.9. The monoisotopic (exact) mass is 1340 g/mol. The van der Waals surface area contributed by atoms with Gasteiger partial charge in [0.2, 0.25) is 17.7 Å². The molecular formula is C65H157N13O14. The zero-order valence-electron chi connectivity index (χ0n) is 64.2. The van der Waals surface area contributed by atoms with Gasteiger partial charge in [-0.25, -0.2) is 0 Å². The minimum atomic E-state index is -0.647. The van der Waals surface area contributed by atoms with E-state index in [1.54, 1.807) is 27.8 Å². The normalized spacial score (nSPS) is 7.91. The van der Waals surface area contributed by atoms with Crippen molar-refractivity contribution in [3.05, 3.63) is 71.8 Å². The molecule has 2 aromatic carbocycles. The highest BCUT2D eigenvalue weighted by molar-refractivity contribution is 5.91. The minimum absolute atomic E-state index is 0. The van der Waals surface area contributed by atoms with Crippen LogP contribution in [0.5, 0.6) is 0 Å². The van der Waals surface area contributed by atoms with Gasteiger partial charge in [0.15, 0.2) is 0 Å². The van der Waals surface area contributed by atoms with Gasteiger partial charge in [0, 0.05) is 39.6 Å². The quantitative estimate of drug-likeness (QED) is 0.120. The molecule has 1 heterocycles. The summed E-state index contributed by atoms with van der Waals surface area (Å²) in [5.74, 6) is 1.18. The Bertz CT molecular complexity index is 1240. The molecule has 1 saturated heterocycles. The van der Waals surface area contributed by atoms with Gasteiger partial charge in [-0.1, -0.05) is 171 Å². The number of amides is 3. The van der Waals surface area contributed by atoms with Crippen LogP contribution in [-0.2, 0) is 75.2 Å². The zero-order chi connectivity index (χ0) is 78.4. The summed E-state index contributed by atoms with van der Waals surface area (Å²) in [6.45, 7) is 59.4. The van der Waals surface area contributed by atoms with E-state index in [0.717, 1.165) is 56.2 Å². The first-order chi connectivity index (χ1) is 43.1. The molecule has 1 fully saturated rings. The van der Waals surface area contributed by atoms with Gasteiger partial charge in [-0.15, -0.1) is 0 Å². The van der Waals surface area contributed by atoms with E-state index in [0.29, 0.717) is 6.42 Å². The lowest BCUT2D eigenvalue weighted by molar-refractivity contribution is -0.140. The average Bonchev–Trinajstić information content (AvgIpc) is 3.65. The third-order valence-corrected chi connectivity index (χ3v) is 7.00. The van der Waals surface area contributed by atoms with Crippen LogP contribution in [0.2, 0.25) is 0 Å². The van der Waals surface area contributed by atoms with Gasteiger partial charge < -0.3 is 127 Å². The topological polar surface area (TPSA) is 548 Å². The number of carbonyl (C=O) groups is 13. The maximum absolute atomic E-state index is 12.8. The largest absolute Gasteiger partial charge is 0.394 e. The van der Waals surface area contributed by atoms with E-state index in [-0.39, 0.29) is 42.3 Å². The number of piperidine rings is 1. The number of nitrogens with zero attached hydrogens (tertiary/aromatic N) is 2. The van der Waals surface area contributed by atoms with E-state index in [9.17, 15) is 14.4 Å². The molecule has 0 saturated carbocycles. The Morgan fingerprint density at radius 2 is 0.674 bits per heavy atom. The predicted molar refractivity (Wildman–Crippen MR) is 402 cm³/mol. The van der Waals surface area contributed by atoms with Crippen LogP contribution in [0.4, 0.5) is 0 Å². The van der Waals surface area contributed by atoms with Crippen molar-refractivity contribution in [2.24, 2.45) is 52.0 Å². The Kier molecular flexibility index (Phi) is 470. The molecule has 1 aliphatic rings. The highest BCUT2D eigenvalue weighted by atomic mass is 16.3. The first-order valence-corrected chi connectivity index (χ1v) is 28.6. The highest BCUT2D eigenvalue weighted by Gasteiger charge is 2.29. The second-order valence-electron chi connectivity index (χ2n) is 13.4. The van der Waals surface area contributed by atoms with Crippen LogP contribution in [0.15, 0.2) is 60.7 Å². The number of hydrogen-bond acceptors (Lipinski definition) is 24. The predicted octanol–water partition coefficient (Wildman–Crippen LogP) is 7.71. The summed E-state index contributed by atoms with van der Waals surface area (Å²) >= 11 is 0. The summed E-state index contributed by atoms with van der Waals surface area (Å²) in [4.78, 5) is 120. The third-order valence-electron chi connectivity index (χ3n) is 7.00. The second kappa shape index (κ2) is 251. The summed E-state index contributed by atoms with van der Waals surface area (Å²) in [6.07, 6.45) is 5.85. The van der Waals surface area contributed by atoms with Crippen molar-refractivity contribution >= 4 is 85.6 Å². The van der Waals surface area contributed by atoms with Gasteiger partial charge in [-0.05, 0) is 119 Å². The molecule has 0 unspecified atom stereocenters. The molecule has 0 spiro atoms. The van der Waals surface area contributed by atoms with Gasteiger partial charge in [-0.3, -0.25) is 14.4 Å². The number of aryl methyl sites for hydroxylation is 1. The van der Waals surface area contributed by atoms with Gasteiger partial charge in [0.1, 0.15) is 80.0 Å². The lowest BCUT2D eigenvalue weighted by Gasteiger charge is -2.31. The number of benzene rings is 2. The van der Waals surface area contributed by atoms with E-state index < -0.39 is 12.1 Å². The van der Waals surface area contributed by atoms with Crippen LogP contribution >= 0.6 is 0 Å². The van der Waals surface area contributed by atoms with Gasteiger partial charge in [0.25, 0.3) is 0 Å². The average molecular weight is 1350 g/mol. The van der Waals surface area contributed by atoms with Crippen LogP contribution in [0.1, 0.15) is 168 Å². The Hall–Kier alpha value is -6.89. The highest BCUT2D eigenvalue weighted by Crippen LogP contribution is 2.12. The molecule has 25 N–H and O–H groups in total. The van der Waals surface area contributed by atoms with Crippen molar-refractivity contribution in [2.45, 2.75) is 188 Å². The maximum Gasteiger partial charge on any atom is 0.244 e. The molecule has 3 amide bonds. The molecule has 566 valence electrons. The summed E-state index contributed by atoms with van der Waals surface area (Å²) < 4.78 is 0. The molecule has 3 rings (SSSR count). The number of nitrogens with two attached hydrogens (primary N) is 7. The van der Waals surface area contributed by atoms with Crippen LogP contribution < -0.4 is 63.9 Å². The van der Waals surface area contributed by atoms with Crippen molar-refractivity contribution in [2.75, 3.05) is 69.5 Å². The van der Waals surface area contributed by atoms with E-state index >= 15 is 0 Å². The fourth-order valence-electron chi connectivity index (χ4n) is 3.94. The van der Waals surface area contributed by atoms with Crippen LogP contribution in [-0.4, -0.2) is 188 Å². The van der Waals surface area contributed by atoms with E-state index in [1.807, 2.05) is 165 Å². The standard InChI is InChI=1S/C20H29N3O3.C8H10.C5H12.C4H10.C3H8O.4C2H6.7CH5N.10CH2O.3H3N/c1-15(20(26)23-12-8-5-9-13-23)21-19(25)18(22(3)16(2)24)14-17-10-6-4-7-11-17;1-2-8-6-4-3-5-7-8;1-4-5(2)3;1-4(2)3;1-3(2)4;21*1-2;;;/h4,6-7,10-11,15,18H,5,8-9,12-14H2,1-3H3,(H,21,25);3-7H,2H2,1H3;5H,4H2,1-3H3;4H,1-3H3;3-4H,1-2H3;4*1-2H3;7*2H2,1H3;10*1H2;3*1H3/t15-,18-;;;;;;;;;;;;;;;;;;;;;;;;;;;;/m0............................/s1.